The molecule has 1 aromatic carbocycles. The van der Waals surface area contributed by atoms with E-state index in [-0.39, 0.29) is 5.78 Å². The van der Waals surface area contributed by atoms with Gasteiger partial charge in [0.1, 0.15) is 0 Å². The van der Waals surface area contributed by atoms with E-state index in [0.29, 0.717) is 11.7 Å². The first-order valence-corrected chi connectivity index (χ1v) is 9.68. The molecule has 0 saturated heterocycles. The summed E-state index contributed by atoms with van der Waals surface area (Å²) in [5, 5.41) is 9.29. The fraction of sp³-hybridized carbons (Fsp3) is 0.300. The molecule has 0 spiro atoms. The number of hydrogen-bond donors (Lipinski definition) is 0. The molecule has 0 radical (unpaired) electrons. The molecule has 0 aliphatic rings. The summed E-state index contributed by atoms with van der Waals surface area (Å²) in [6.45, 7) is 7.06. The maximum Gasteiger partial charge on any atom is 0.191 e. The second-order valence-corrected chi connectivity index (χ2v) is 7.22. The van der Waals surface area contributed by atoms with Crippen LogP contribution < -0.4 is 0 Å². The Kier molecular flexibility index (Phi) is 5.83. The van der Waals surface area contributed by atoms with Gasteiger partial charge in [-0.1, -0.05) is 49.9 Å². The van der Waals surface area contributed by atoms with Gasteiger partial charge in [0.05, 0.1) is 5.75 Å². The molecule has 0 saturated carbocycles. The number of rotatable bonds is 7. The summed E-state index contributed by atoms with van der Waals surface area (Å²) in [6.07, 6.45) is 3.50. The summed E-state index contributed by atoms with van der Waals surface area (Å²) in [5.74, 6) is 1.67. The van der Waals surface area contributed by atoms with Crippen LogP contribution in [0.25, 0.3) is 11.4 Å². The van der Waals surface area contributed by atoms with Gasteiger partial charge in [0.2, 0.25) is 0 Å². The molecule has 2 aromatic heterocycles. The third kappa shape index (κ3) is 4.02. The summed E-state index contributed by atoms with van der Waals surface area (Å²) >= 11 is 1.42. The largest absolute Gasteiger partial charge is 0.302 e. The predicted octanol–water partition coefficient (Wildman–Crippen LogP) is 4.46. The molecule has 0 bridgehead atoms. The predicted molar refractivity (Wildman–Crippen MR) is 105 cm³/mol. The van der Waals surface area contributed by atoms with Crippen LogP contribution in [0.1, 0.15) is 42.6 Å². The number of thioether (sulfide) groups is 1. The van der Waals surface area contributed by atoms with Gasteiger partial charge in [-0.25, -0.2) is 0 Å². The molecule has 0 aliphatic heterocycles. The Hall–Kier alpha value is -2.47. The molecule has 3 aromatic rings. The van der Waals surface area contributed by atoms with Crippen LogP contribution in [0.2, 0.25) is 0 Å². The van der Waals surface area contributed by atoms with Gasteiger partial charge in [0.25, 0.3) is 0 Å². The second kappa shape index (κ2) is 8.27. The summed E-state index contributed by atoms with van der Waals surface area (Å²) in [7, 11) is 0. The normalized spacial score (nSPS) is 11.1. The van der Waals surface area contributed by atoms with Crippen molar-refractivity contribution in [3.8, 4) is 11.4 Å². The first kappa shape index (κ1) is 18.3. The standard InChI is InChI=1S/C20H22N4OS/c1-4-24-19(17-6-5-11-21-12-17)22-23-20(24)26-13-18(25)16-9-7-15(8-10-16)14(2)3/h5-12,14H,4,13H2,1-3H3. The molecule has 3 rings (SSSR count). The SMILES string of the molecule is CCn1c(SCC(=O)c2ccc(C(C)C)cc2)nnc1-c1cccnc1. The van der Waals surface area contributed by atoms with Crippen molar-refractivity contribution >= 4 is 17.5 Å². The lowest BCUT2D eigenvalue weighted by atomic mass is 10.0. The number of benzene rings is 1. The van der Waals surface area contributed by atoms with Crippen molar-refractivity contribution < 1.29 is 4.79 Å². The van der Waals surface area contributed by atoms with Crippen LogP contribution in [0, 0.1) is 0 Å². The summed E-state index contributed by atoms with van der Waals surface area (Å²) in [4.78, 5) is 16.6. The maximum absolute atomic E-state index is 12.5. The molecule has 0 atom stereocenters. The van der Waals surface area contributed by atoms with Crippen LogP contribution in [0.15, 0.2) is 53.9 Å². The van der Waals surface area contributed by atoms with Crippen molar-refractivity contribution in [2.24, 2.45) is 0 Å². The van der Waals surface area contributed by atoms with Crippen molar-refractivity contribution in [2.45, 2.75) is 38.4 Å². The highest BCUT2D eigenvalue weighted by Crippen LogP contribution is 2.24. The van der Waals surface area contributed by atoms with Gasteiger partial charge in [0, 0.05) is 30.1 Å². The number of hydrogen-bond acceptors (Lipinski definition) is 5. The van der Waals surface area contributed by atoms with Crippen molar-refractivity contribution in [3.05, 3.63) is 59.9 Å². The van der Waals surface area contributed by atoms with Gasteiger partial charge >= 0.3 is 0 Å². The van der Waals surface area contributed by atoms with E-state index in [1.807, 2.05) is 47.9 Å². The smallest absolute Gasteiger partial charge is 0.191 e. The van der Waals surface area contributed by atoms with Gasteiger partial charge in [-0.05, 0) is 30.5 Å². The van der Waals surface area contributed by atoms with Gasteiger partial charge in [-0.2, -0.15) is 0 Å². The molecule has 6 heteroatoms. The lowest BCUT2D eigenvalue weighted by molar-refractivity contribution is 0.102. The lowest BCUT2D eigenvalue weighted by Gasteiger charge is -2.08. The monoisotopic (exact) mass is 366 g/mol. The van der Waals surface area contributed by atoms with Crippen LogP contribution in [-0.4, -0.2) is 31.3 Å². The van der Waals surface area contributed by atoms with Crippen LogP contribution in [0.5, 0.6) is 0 Å². The molecule has 0 unspecified atom stereocenters. The number of pyridine rings is 1. The molecule has 2 heterocycles. The Bertz CT molecular complexity index is 873. The molecule has 134 valence electrons. The highest BCUT2D eigenvalue weighted by molar-refractivity contribution is 7.99. The first-order chi connectivity index (χ1) is 12.6. The Morgan fingerprint density at radius 1 is 1.15 bits per heavy atom. The minimum Gasteiger partial charge on any atom is -0.302 e. The van der Waals surface area contributed by atoms with E-state index in [0.717, 1.165) is 28.7 Å². The van der Waals surface area contributed by atoms with Gasteiger partial charge < -0.3 is 4.57 Å². The van der Waals surface area contributed by atoms with E-state index < -0.39 is 0 Å². The van der Waals surface area contributed by atoms with Crippen LogP contribution in [0.4, 0.5) is 0 Å². The Morgan fingerprint density at radius 2 is 1.92 bits per heavy atom. The molecule has 0 fully saturated rings. The number of ketones is 1. The zero-order chi connectivity index (χ0) is 18.5. The fourth-order valence-corrected chi connectivity index (χ4v) is 3.55. The van der Waals surface area contributed by atoms with Crippen LogP contribution in [-0.2, 0) is 6.54 Å². The van der Waals surface area contributed by atoms with Crippen LogP contribution >= 0.6 is 11.8 Å². The highest BCUT2D eigenvalue weighted by Gasteiger charge is 2.15. The Balaban J connectivity index is 1.71. The van der Waals surface area contributed by atoms with E-state index >= 15 is 0 Å². The number of aromatic nitrogens is 4. The Morgan fingerprint density at radius 3 is 2.54 bits per heavy atom. The van der Waals surface area contributed by atoms with Crippen molar-refractivity contribution in [1.29, 1.82) is 0 Å². The summed E-state index contributed by atoms with van der Waals surface area (Å²) in [6, 6.07) is 11.7. The quantitative estimate of drug-likeness (QED) is 0.456. The molecule has 5 nitrogen and oxygen atoms in total. The zero-order valence-corrected chi connectivity index (χ0v) is 16.0. The van der Waals surface area contributed by atoms with Gasteiger partial charge in [-0.3, -0.25) is 9.78 Å². The molecule has 0 N–H and O–H groups in total. The Labute approximate surface area is 157 Å². The lowest BCUT2D eigenvalue weighted by Crippen LogP contribution is -2.05. The number of carbonyl (C=O) groups excluding carboxylic acids is 1. The fourth-order valence-electron chi connectivity index (χ4n) is 2.66. The summed E-state index contributed by atoms with van der Waals surface area (Å²) in [5.41, 5.74) is 2.89. The highest BCUT2D eigenvalue weighted by atomic mass is 32.2. The topological polar surface area (TPSA) is 60.7 Å². The number of carbonyl (C=O) groups is 1. The number of nitrogens with zero attached hydrogens (tertiary/aromatic N) is 4. The average molecular weight is 366 g/mol. The van der Waals surface area contributed by atoms with E-state index in [1.54, 1.807) is 12.4 Å². The molecule has 0 amide bonds. The molecule has 26 heavy (non-hydrogen) atoms. The zero-order valence-electron chi connectivity index (χ0n) is 15.2. The van der Waals surface area contributed by atoms with E-state index in [2.05, 4.69) is 29.0 Å². The third-order valence-electron chi connectivity index (χ3n) is 4.18. The van der Waals surface area contributed by atoms with E-state index in [1.165, 1.54) is 17.3 Å². The van der Waals surface area contributed by atoms with E-state index in [9.17, 15) is 4.79 Å². The maximum atomic E-state index is 12.5. The summed E-state index contributed by atoms with van der Waals surface area (Å²) < 4.78 is 2.01. The van der Waals surface area contributed by atoms with Crippen molar-refractivity contribution in [2.75, 3.05) is 5.75 Å². The van der Waals surface area contributed by atoms with Gasteiger partial charge in [0.15, 0.2) is 16.8 Å². The molecular weight excluding hydrogens is 344 g/mol. The van der Waals surface area contributed by atoms with Crippen LogP contribution in [0.3, 0.4) is 0 Å². The number of Topliss-reactive ketones (excluding diaryl/α,β-unsaturated/α-hetero) is 1. The first-order valence-electron chi connectivity index (χ1n) is 8.69. The van der Waals surface area contributed by atoms with Gasteiger partial charge in [-0.15, -0.1) is 10.2 Å². The minimum absolute atomic E-state index is 0.0962. The molecular formula is C20H22N4OS. The van der Waals surface area contributed by atoms with Crippen molar-refractivity contribution in [3.63, 3.8) is 0 Å². The van der Waals surface area contributed by atoms with E-state index in [4.69, 9.17) is 0 Å². The minimum atomic E-state index is 0.0962. The van der Waals surface area contributed by atoms with Crippen molar-refractivity contribution in [1.82, 2.24) is 19.7 Å². The second-order valence-electron chi connectivity index (χ2n) is 6.28. The molecule has 0 aliphatic carbocycles. The third-order valence-corrected chi connectivity index (χ3v) is 5.15. The average Bonchev–Trinajstić information content (AvgIpc) is 3.09.